The molecule has 2 N–H and O–H groups in total. The van der Waals surface area contributed by atoms with Crippen LogP contribution in [0.15, 0.2) is 18.5 Å². The van der Waals surface area contributed by atoms with Gasteiger partial charge in [0.05, 0.1) is 24.6 Å². The number of alkyl halides is 2. The number of halogens is 2. The van der Waals surface area contributed by atoms with Gasteiger partial charge in [0, 0.05) is 17.1 Å². The predicted molar refractivity (Wildman–Crippen MR) is 82.0 cm³/mol. The highest BCUT2D eigenvalue weighted by Gasteiger charge is 2.46. The molecule has 0 spiro atoms. The van der Waals surface area contributed by atoms with Crippen LogP contribution in [0.2, 0.25) is 0 Å². The van der Waals surface area contributed by atoms with Crippen LogP contribution in [0.4, 0.5) is 14.6 Å². The summed E-state index contributed by atoms with van der Waals surface area (Å²) < 4.78 is 61.9. The third-order valence-electron chi connectivity index (χ3n) is 3.76. The Balaban J connectivity index is 1.96. The topological polar surface area (TPSA) is 73.5 Å². The highest BCUT2D eigenvalue weighted by Crippen LogP contribution is 2.40. The number of nitrogens with zero attached hydrogens (tertiary/aromatic N) is 3. The Morgan fingerprint density at radius 1 is 1.43 bits per heavy atom. The molecule has 0 bridgehead atoms. The minimum Gasteiger partial charge on any atom is -0.493 e. The molecule has 0 radical (unpaired) electrons. The molecule has 0 aliphatic carbocycles. The monoisotopic (exact) mass is 327 g/mol. The van der Waals surface area contributed by atoms with Gasteiger partial charge in [-0.15, -0.1) is 0 Å². The van der Waals surface area contributed by atoms with Gasteiger partial charge in [0.25, 0.3) is 5.92 Å². The first-order valence-corrected chi connectivity index (χ1v) is 7.00. The Kier molecular flexibility index (Phi) is 3.07. The van der Waals surface area contributed by atoms with Gasteiger partial charge in [-0.2, -0.15) is 0 Å². The molecule has 1 aromatic carbocycles. The van der Waals surface area contributed by atoms with Crippen LogP contribution in [0.1, 0.15) is 10.5 Å². The maximum atomic E-state index is 14.6. The smallest absolute Gasteiger partial charge is 0.296 e. The van der Waals surface area contributed by atoms with Gasteiger partial charge in [-0.1, -0.05) is 0 Å². The first-order chi connectivity index (χ1) is 12.1. The van der Waals surface area contributed by atoms with Crippen LogP contribution >= 0.6 is 0 Å². The van der Waals surface area contributed by atoms with Crippen LogP contribution in [0.5, 0.6) is 11.5 Å². The molecule has 1 aliphatic rings. The van der Waals surface area contributed by atoms with Crippen LogP contribution in [0, 0.1) is 0 Å². The number of nitrogen functional groups attached to an aromatic ring is 1. The van der Waals surface area contributed by atoms with Gasteiger partial charge in [-0.05, 0) is 19.1 Å². The zero-order valence-corrected chi connectivity index (χ0v) is 12.4. The number of benzene rings is 1. The summed E-state index contributed by atoms with van der Waals surface area (Å²) in [5, 5.41) is 0.279. The molecule has 1 saturated heterocycles. The Morgan fingerprint density at radius 2 is 2.26 bits per heavy atom. The van der Waals surface area contributed by atoms with Crippen LogP contribution in [-0.2, 0) is 0 Å². The van der Waals surface area contributed by atoms with Crippen LogP contribution in [-0.4, -0.2) is 54.1 Å². The fraction of sp³-hybridized carbons (Fsp3) is 0.467. The van der Waals surface area contributed by atoms with E-state index in [0.717, 1.165) is 4.90 Å². The molecule has 2 heterocycles. The number of ether oxygens (including phenoxy) is 2. The molecule has 2 aromatic rings. The first-order valence-electron chi connectivity index (χ1n) is 8.50. The fourth-order valence-corrected chi connectivity index (χ4v) is 2.61. The van der Waals surface area contributed by atoms with Gasteiger partial charge >= 0.3 is 0 Å². The van der Waals surface area contributed by atoms with Crippen LogP contribution in [0.3, 0.4) is 0 Å². The van der Waals surface area contributed by atoms with Crippen molar-refractivity contribution < 1.29 is 22.4 Å². The van der Waals surface area contributed by atoms with E-state index in [-0.39, 0.29) is 35.7 Å². The van der Waals surface area contributed by atoms with Gasteiger partial charge in [0.1, 0.15) is 12.1 Å². The normalized spacial score (nSPS) is 23.8. The van der Waals surface area contributed by atoms with Crippen LogP contribution in [0.25, 0.3) is 10.9 Å². The van der Waals surface area contributed by atoms with E-state index in [4.69, 9.17) is 19.3 Å². The number of fused-ring (bicyclic) bond motifs is 1. The van der Waals surface area contributed by atoms with Gasteiger partial charge in [-0.25, -0.2) is 18.7 Å². The Morgan fingerprint density at radius 3 is 2.96 bits per heavy atom. The summed E-state index contributed by atoms with van der Waals surface area (Å²) in [5.41, 5.74) is 6.30. The van der Waals surface area contributed by atoms with Crippen molar-refractivity contribution in [2.45, 2.75) is 18.4 Å². The molecule has 23 heavy (non-hydrogen) atoms. The molecule has 0 amide bonds. The van der Waals surface area contributed by atoms with Crippen molar-refractivity contribution in [3.63, 3.8) is 0 Å². The SMILES string of the molecule is [2H]C([2H])([2H])N1CCC(Oc2c(OC)ccc3ncnc(N)c23)C(F)(F)C1. The zero-order valence-electron chi connectivity index (χ0n) is 15.4. The van der Waals surface area contributed by atoms with E-state index >= 15 is 0 Å². The number of anilines is 1. The molecule has 1 fully saturated rings. The second-order valence-corrected chi connectivity index (χ2v) is 5.33. The average Bonchev–Trinajstić information content (AvgIpc) is 2.55. The predicted octanol–water partition coefficient (Wildman–Crippen LogP) is 1.94. The molecular weight excluding hydrogens is 306 g/mol. The molecule has 124 valence electrons. The second kappa shape index (κ2) is 5.77. The highest BCUT2D eigenvalue weighted by molar-refractivity contribution is 5.95. The molecule has 1 atom stereocenters. The molecule has 6 nitrogen and oxygen atoms in total. The molecular formula is C15H18F2N4O2. The van der Waals surface area contributed by atoms with Crippen molar-refractivity contribution in [2.24, 2.45) is 0 Å². The first kappa shape index (κ1) is 12.2. The van der Waals surface area contributed by atoms with E-state index in [2.05, 4.69) is 9.97 Å². The number of aromatic nitrogens is 2. The molecule has 8 heteroatoms. The summed E-state index contributed by atoms with van der Waals surface area (Å²) in [7, 11) is 1.38. The van der Waals surface area contributed by atoms with E-state index in [9.17, 15) is 8.78 Å². The van der Waals surface area contributed by atoms with E-state index < -0.39 is 25.5 Å². The van der Waals surface area contributed by atoms with Crippen molar-refractivity contribution in [3.05, 3.63) is 18.5 Å². The second-order valence-electron chi connectivity index (χ2n) is 5.33. The average molecular weight is 327 g/mol. The van der Waals surface area contributed by atoms with Gasteiger partial charge in [0.2, 0.25) is 0 Å². The lowest BCUT2D eigenvalue weighted by Crippen LogP contribution is -2.52. The van der Waals surface area contributed by atoms with Crippen molar-refractivity contribution in [3.8, 4) is 11.5 Å². The number of piperidine rings is 1. The molecule has 1 aromatic heterocycles. The summed E-state index contributed by atoms with van der Waals surface area (Å²) in [6.07, 6.45) is -0.434. The highest BCUT2D eigenvalue weighted by atomic mass is 19.3. The number of likely N-dealkylation sites (tertiary alicyclic amines) is 1. The van der Waals surface area contributed by atoms with Crippen molar-refractivity contribution >= 4 is 16.7 Å². The number of nitrogens with two attached hydrogens (primary N) is 1. The number of hydrogen-bond acceptors (Lipinski definition) is 6. The molecule has 0 saturated carbocycles. The third-order valence-corrected chi connectivity index (χ3v) is 3.76. The summed E-state index contributed by atoms with van der Waals surface area (Å²) in [5.74, 6) is -3.06. The number of rotatable bonds is 3. The van der Waals surface area contributed by atoms with Gasteiger partial charge in [0.15, 0.2) is 17.6 Å². The summed E-state index contributed by atoms with van der Waals surface area (Å²) in [4.78, 5) is 8.70. The molecule has 1 aliphatic heterocycles. The van der Waals surface area contributed by atoms with Crippen molar-refractivity contribution in [1.29, 1.82) is 0 Å². The van der Waals surface area contributed by atoms with E-state index in [1.807, 2.05) is 0 Å². The van der Waals surface area contributed by atoms with Gasteiger partial charge < -0.3 is 20.1 Å². The van der Waals surface area contributed by atoms with Crippen LogP contribution < -0.4 is 15.2 Å². The number of hydrogen-bond donors (Lipinski definition) is 1. The lowest BCUT2D eigenvalue weighted by molar-refractivity contribution is -0.135. The van der Waals surface area contributed by atoms with E-state index in [1.165, 1.54) is 13.4 Å². The third kappa shape index (κ3) is 2.86. The van der Waals surface area contributed by atoms with E-state index in [0.29, 0.717) is 5.52 Å². The Bertz CT molecular complexity index is 819. The lowest BCUT2D eigenvalue weighted by atomic mass is 10.0. The largest absolute Gasteiger partial charge is 0.493 e. The summed E-state index contributed by atoms with van der Waals surface area (Å²) in [6, 6.07) is 3.16. The Labute approximate surface area is 136 Å². The molecule has 1 unspecified atom stereocenters. The van der Waals surface area contributed by atoms with E-state index in [1.54, 1.807) is 12.1 Å². The minimum absolute atomic E-state index is 0.0232. The number of methoxy groups -OCH3 is 1. The zero-order chi connectivity index (χ0) is 19.1. The van der Waals surface area contributed by atoms with Gasteiger partial charge in [-0.3, -0.25) is 0 Å². The fourth-order valence-electron chi connectivity index (χ4n) is 2.61. The Hall–Kier alpha value is -2.22. The van der Waals surface area contributed by atoms with Crippen molar-refractivity contribution in [1.82, 2.24) is 14.9 Å². The minimum atomic E-state index is -3.37. The quantitative estimate of drug-likeness (QED) is 0.929. The maximum absolute atomic E-state index is 14.6. The molecule has 3 rings (SSSR count). The maximum Gasteiger partial charge on any atom is 0.296 e. The lowest BCUT2D eigenvalue weighted by Gasteiger charge is -2.36. The van der Waals surface area contributed by atoms with Crippen molar-refractivity contribution in [2.75, 3.05) is 32.9 Å². The summed E-state index contributed by atoms with van der Waals surface area (Å²) in [6.45, 7) is -3.55. The summed E-state index contributed by atoms with van der Waals surface area (Å²) >= 11 is 0. The standard InChI is InChI=1S/C15H18F2N4O2/c1-21-6-5-11(15(16,17)7-21)23-13-10(22-2)4-3-9-12(13)14(18)20-8-19-9/h3-4,8,11H,5-7H2,1-2H3,(H2,18,19,20)/i1D3.